The lowest BCUT2D eigenvalue weighted by atomic mass is 10.1. The smallest absolute Gasteiger partial charge is 0.0487 e. The normalized spacial score (nSPS) is 13.8. The molecule has 3 rings (SSSR count). The summed E-state index contributed by atoms with van der Waals surface area (Å²) in [5, 5.41) is 0. The molecule has 0 amide bonds. The molecule has 0 aliphatic carbocycles. The summed E-state index contributed by atoms with van der Waals surface area (Å²) in [5.74, 6) is 0. The van der Waals surface area contributed by atoms with Crippen molar-refractivity contribution in [3.05, 3.63) is 53.9 Å². The fourth-order valence-electron chi connectivity index (χ4n) is 2.43. The number of nitrogens with two attached hydrogens (primary N) is 1. The monoisotopic (exact) mass is 225 g/mol. The van der Waals surface area contributed by atoms with E-state index in [0.29, 0.717) is 6.54 Å². The molecular weight excluding hydrogens is 210 g/mol. The highest BCUT2D eigenvalue weighted by Crippen LogP contribution is 2.35. The molecule has 0 atom stereocenters. The van der Waals surface area contributed by atoms with E-state index in [1.165, 1.54) is 16.9 Å². The minimum absolute atomic E-state index is 0.530. The Balaban J connectivity index is 2.07. The van der Waals surface area contributed by atoms with E-state index in [1.807, 2.05) is 18.5 Å². The van der Waals surface area contributed by atoms with Crippen LogP contribution in [0.2, 0.25) is 0 Å². The maximum absolute atomic E-state index is 5.77. The van der Waals surface area contributed by atoms with Crippen molar-refractivity contribution in [1.29, 1.82) is 0 Å². The minimum Gasteiger partial charge on any atom is -0.341 e. The van der Waals surface area contributed by atoms with Crippen LogP contribution in [0.25, 0.3) is 0 Å². The lowest BCUT2D eigenvalue weighted by Crippen LogP contribution is -2.16. The van der Waals surface area contributed by atoms with Gasteiger partial charge in [-0.2, -0.15) is 0 Å². The maximum atomic E-state index is 5.77. The van der Waals surface area contributed by atoms with Gasteiger partial charge in [0.1, 0.15) is 0 Å². The number of nitrogens with zero attached hydrogens (tertiary/aromatic N) is 2. The first kappa shape index (κ1) is 10.3. The van der Waals surface area contributed by atoms with Crippen LogP contribution >= 0.6 is 0 Å². The Morgan fingerprint density at radius 1 is 1.18 bits per heavy atom. The third-order valence-corrected chi connectivity index (χ3v) is 3.28. The summed E-state index contributed by atoms with van der Waals surface area (Å²) in [4.78, 5) is 6.47. The van der Waals surface area contributed by atoms with Gasteiger partial charge in [-0.15, -0.1) is 0 Å². The molecule has 3 heteroatoms. The van der Waals surface area contributed by atoms with Crippen molar-refractivity contribution in [3.63, 3.8) is 0 Å². The molecule has 1 aliphatic heterocycles. The van der Waals surface area contributed by atoms with Gasteiger partial charge in [-0.05, 0) is 24.1 Å². The highest BCUT2D eigenvalue weighted by Gasteiger charge is 2.21. The summed E-state index contributed by atoms with van der Waals surface area (Å²) in [6, 6.07) is 10.6. The second-order valence-electron chi connectivity index (χ2n) is 4.24. The molecule has 1 aromatic carbocycles. The number of rotatable bonds is 2. The van der Waals surface area contributed by atoms with E-state index in [9.17, 15) is 0 Å². The van der Waals surface area contributed by atoms with Crippen LogP contribution in [0.4, 0.5) is 11.4 Å². The first-order chi connectivity index (χ1) is 8.40. The predicted molar refractivity (Wildman–Crippen MR) is 69.3 cm³/mol. The van der Waals surface area contributed by atoms with E-state index in [1.54, 1.807) is 0 Å². The summed E-state index contributed by atoms with van der Waals surface area (Å²) < 4.78 is 0. The van der Waals surface area contributed by atoms with Gasteiger partial charge in [0, 0.05) is 42.4 Å². The topological polar surface area (TPSA) is 42.1 Å². The number of fused-ring (bicyclic) bond motifs is 1. The van der Waals surface area contributed by atoms with Gasteiger partial charge in [0.15, 0.2) is 0 Å². The summed E-state index contributed by atoms with van der Waals surface area (Å²) in [6.07, 6.45) is 4.79. The molecule has 0 unspecified atom stereocenters. The number of hydrogen-bond donors (Lipinski definition) is 1. The van der Waals surface area contributed by atoms with E-state index in [0.717, 1.165) is 18.5 Å². The number of anilines is 2. The van der Waals surface area contributed by atoms with Crippen LogP contribution in [-0.2, 0) is 13.0 Å². The molecule has 0 saturated heterocycles. The molecule has 3 nitrogen and oxygen atoms in total. The van der Waals surface area contributed by atoms with Gasteiger partial charge in [0.2, 0.25) is 0 Å². The number of pyridine rings is 1. The molecule has 17 heavy (non-hydrogen) atoms. The molecule has 0 bridgehead atoms. The van der Waals surface area contributed by atoms with Gasteiger partial charge in [0.25, 0.3) is 0 Å². The van der Waals surface area contributed by atoms with E-state index in [4.69, 9.17) is 5.73 Å². The van der Waals surface area contributed by atoms with E-state index >= 15 is 0 Å². The number of para-hydroxylation sites is 1. The van der Waals surface area contributed by atoms with Crippen molar-refractivity contribution in [2.45, 2.75) is 13.0 Å². The SMILES string of the molecule is NCc1cnccc1N1CCc2ccccc21. The van der Waals surface area contributed by atoms with Crippen LogP contribution in [-0.4, -0.2) is 11.5 Å². The van der Waals surface area contributed by atoms with Gasteiger partial charge < -0.3 is 10.6 Å². The first-order valence-corrected chi connectivity index (χ1v) is 5.88. The van der Waals surface area contributed by atoms with E-state index < -0.39 is 0 Å². The molecule has 0 radical (unpaired) electrons. The standard InChI is InChI=1S/C14H15N3/c15-9-12-10-16-7-5-14(12)17-8-6-11-3-1-2-4-13(11)17/h1-5,7,10H,6,8-9,15H2. The van der Waals surface area contributed by atoms with Crippen LogP contribution in [0.1, 0.15) is 11.1 Å². The Labute approximate surface area is 101 Å². The Morgan fingerprint density at radius 3 is 2.94 bits per heavy atom. The molecule has 1 aliphatic rings. The van der Waals surface area contributed by atoms with Crippen LogP contribution in [0.3, 0.4) is 0 Å². The molecule has 0 fully saturated rings. The molecule has 86 valence electrons. The summed E-state index contributed by atoms with van der Waals surface area (Å²) in [5.41, 5.74) is 10.8. The Hall–Kier alpha value is -1.87. The lowest BCUT2D eigenvalue weighted by molar-refractivity contribution is 0.963. The fourth-order valence-corrected chi connectivity index (χ4v) is 2.43. The Morgan fingerprint density at radius 2 is 2.06 bits per heavy atom. The highest BCUT2D eigenvalue weighted by molar-refractivity contribution is 5.71. The van der Waals surface area contributed by atoms with Crippen molar-refractivity contribution in [2.75, 3.05) is 11.4 Å². The minimum atomic E-state index is 0.530. The van der Waals surface area contributed by atoms with Gasteiger partial charge in [-0.1, -0.05) is 18.2 Å². The second-order valence-corrected chi connectivity index (χ2v) is 4.24. The third-order valence-electron chi connectivity index (χ3n) is 3.28. The molecule has 0 spiro atoms. The van der Waals surface area contributed by atoms with E-state index in [-0.39, 0.29) is 0 Å². The first-order valence-electron chi connectivity index (χ1n) is 5.88. The van der Waals surface area contributed by atoms with Crippen LogP contribution < -0.4 is 10.6 Å². The maximum Gasteiger partial charge on any atom is 0.0487 e. The molecule has 0 saturated carbocycles. The zero-order chi connectivity index (χ0) is 11.7. The molecular formula is C14H15N3. The lowest BCUT2D eigenvalue weighted by Gasteiger charge is -2.21. The van der Waals surface area contributed by atoms with Gasteiger partial charge in [0.05, 0.1) is 0 Å². The quantitative estimate of drug-likeness (QED) is 0.852. The van der Waals surface area contributed by atoms with Crippen molar-refractivity contribution in [3.8, 4) is 0 Å². The van der Waals surface area contributed by atoms with Gasteiger partial charge in [-0.3, -0.25) is 4.98 Å². The number of aromatic nitrogens is 1. The molecule has 1 aromatic heterocycles. The van der Waals surface area contributed by atoms with Gasteiger partial charge in [-0.25, -0.2) is 0 Å². The zero-order valence-electron chi connectivity index (χ0n) is 9.63. The van der Waals surface area contributed by atoms with Crippen LogP contribution in [0.15, 0.2) is 42.7 Å². The average Bonchev–Trinajstić information content (AvgIpc) is 2.82. The second kappa shape index (κ2) is 4.18. The largest absolute Gasteiger partial charge is 0.341 e. The van der Waals surface area contributed by atoms with Gasteiger partial charge >= 0.3 is 0 Å². The van der Waals surface area contributed by atoms with Crippen molar-refractivity contribution in [1.82, 2.24) is 4.98 Å². The third kappa shape index (κ3) is 1.68. The van der Waals surface area contributed by atoms with Crippen molar-refractivity contribution >= 4 is 11.4 Å². The average molecular weight is 225 g/mol. The van der Waals surface area contributed by atoms with E-state index in [2.05, 4.69) is 34.1 Å². The molecule has 2 aromatic rings. The highest BCUT2D eigenvalue weighted by atomic mass is 15.2. The van der Waals surface area contributed by atoms with Crippen molar-refractivity contribution < 1.29 is 0 Å². The summed E-state index contributed by atoms with van der Waals surface area (Å²) in [7, 11) is 0. The number of hydrogen-bond acceptors (Lipinski definition) is 3. The Bertz CT molecular complexity index is 536. The zero-order valence-corrected chi connectivity index (χ0v) is 9.63. The summed E-state index contributed by atoms with van der Waals surface area (Å²) >= 11 is 0. The number of benzene rings is 1. The molecule has 2 heterocycles. The van der Waals surface area contributed by atoms with Crippen molar-refractivity contribution in [2.24, 2.45) is 5.73 Å². The van der Waals surface area contributed by atoms with Crippen LogP contribution in [0.5, 0.6) is 0 Å². The van der Waals surface area contributed by atoms with Crippen LogP contribution in [0, 0.1) is 0 Å². The summed E-state index contributed by atoms with van der Waals surface area (Å²) in [6.45, 7) is 1.55. The predicted octanol–water partition coefficient (Wildman–Crippen LogP) is 2.23. The molecule has 2 N–H and O–H groups in total. The Kier molecular flexibility index (Phi) is 2.53. The fraction of sp³-hybridized carbons (Fsp3) is 0.214.